The minimum atomic E-state index is -0.254. The van der Waals surface area contributed by atoms with Crippen molar-refractivity contribution in [1.29, 1.82) is 0 Å². The molecule has 0 saturated carbocycles. The molecule has 0 amide bonds. The Balaban J connectivity index is 1.40. The lowest BCUT2D eigenvalue weighted by atomic mass is 9.83. The van der Waals surface area contributed by atoms with E-state index in [9.17, 15) is 4.79 Å². The fraction of sp³-hybridized carbons (Fsp3) is 0.143. The Labute approximate surface area is 269 Å². The number of rotatable bonds is 6. The molecular formula is C35H26Br2N2O3S. The third-order valence-electron chi connectivity index (χ3n) is 7.85. The molecule has 1 aliphatic heterocycles. The lowest BCUT2D eigenvalue weighted by Gasteiger charge is -2.30. The molecule has 0 spiro atoms. The molecule has 214 valence electrons. The van der Waals surface area contributed by atoms with Gasteiger partial charge in [-0.25, -0.2) is 4.99 Å². The Kier molecular flexibility index (Phi) is 7.67. The van der Waals surface area contributed by atoms with Crippen molar-refractivity contribution >= 4 is 55.0 Å². The number of aryl methyl sites for hydroxylation is 1. The second kappa shape index (κ2) is 11.8. The Morgan fingerprint density at radius 3 is 2.53 bits per heavy atom. The second-order valence-corrected chi connectivity index (χ2v) is 13.2. The molecular weight excluding hydrogens is 688 g/mol. The third-order valence-corrected chi connectivity index (χ3v) is 9.88. The topological polar surface area (TPSA) is 52.8 Å². The van der Waals surface area contributed by atoms with Gasteiger partial charge in [0.05, 0.1) is 27.9 Å². The molecule has 2 aliphatic rings. The lowest BCUT2D eigenvalue weighted by Crippen LogP contribution is -2.38. The summed E-state index contributed by atoms with van der Waals surface area (Å²) in [7, 11) is 1.66. The van der Waals surface area contributed by atoms with E-state index in [-0.39, 0.29) is 11.6 Å². The van der Waals surface area contributed by atoms with E-state index >= 15 is 0 Å². The number of hydrogen-bond acceptors (Lipinski definition) is 5. The first kappa shape index (κ1) is 28.1. The molecule has 0 bridgehead atoms. The highest BCUT2D eigenvalue weighted by atomic mass is 79.9. The monoisotopic (exact) mass is 712 g/mol. The van der Waals surface area contributed by atoms with E-state index in [2.05, 4.69) is 68.3 Å². The number of halogens is 2. The van der Waals surface area contributed by atoms with Crippen molar-refractivity contribution in [3.8, 4) is 11.5 Å². The summed E-state index contributed by atoms with van der Waals surface area (Å²) in [5.74, 6) is 1.46. The highest BCUT2D eigenvalue weighted by Crippen LogP contribution is 2.41. The van der Waals surface area contributed by atoms with Gasteiger partial charge in [0.15, 0.2) is 4.80 Å². The van der Waals surface area contributed by atoms with Crippen molar-refractivity contribution in [1.82, 2.24) is 4.57 Å². The first-order valence-electron chi connectivity index (χ1n) is 13.9. The molecule has 2 heterocycles. The molecule has 5 nitrogen and oxygen atoms in total. The minimum absolute atomic E-state index is 0.0694. The number of thiazole rings is 1. The van der Waals surface area contributed by atoms with Crippen LogP contribution in [0.1, 0.15) is 40.3 Å². The van der Waals surface area contributed by atoms with Gasteiger partial charge in [-0.2, -0.15) is 0 Å². The van der Waals surface area contributed by atoms with Gasteiger partial charge >= 0.3 is 0 Å². The van der Waals surface area contributed by atoms with Crippen LogP contribution in [0.5, 0.6) is 11.5 Å². The average molecular weight is 714 g/mol. The molecule has 0 unspecified atom stereocenters. The molecule has 0 N–H and O–H groups in total. The number of hydrogen-bond donors (Lipinski definition) is 0. The van der Waals surface area contributed by atoms with Crippen LogP contribution in [-0.2, 0) is 13.0 Å². The molecule has 5 aromatic rings. The van der Waals surface area contributed by atoms with Gasteiger partial charge in [-0.3, -0.25) is 9.36 Å². The maximum Gasteiger partial charge on any atom is 0.271 e. The van der Waals surface area contributed by atoms with Crippen molar-refractivity contribution in [2.45, 2.75) is 25.5 Å². The summed E-state index contributed by atoms with van der Waals surface area (Å²) < 4.78 is 15.9. The standard InChI is InChI=1S/C35H26Br2N2O3S/c1-41-26-14-11-23(12-15-26)32-28-16-13-22-9-5-6-10-27(22)31(28)38-35-39(32)34(40)30(43-35)18-24-17-25(36)19-29(37)33(24)42-20-21-7-3-2-4-8-21/h2-12,14-15,17-19,32H,13,16,20H2,1H3/b30-18+/t32-/m1/s1. The highest BCUT2D eigenvalue weighted by Gasteiger charge is 2.32. The summed E-state index contributed by atoms with van der Waals surface area (Å²) in [5.41, 5.74) is 7.41. The molecule has 1 atom stereocenters. The number of nitrogens with zero attached hydrogens (tertiary/aromatic N) is 2. The van der Waals surface area contributed by atoms with Crippen LogP contribution in [0.4, 0.5) is 0 Å². The van der Waals surface area contributed by atoms with Gasteiger partial charge < -0.3 is 9.47 Å². The number of fused-ring (bicyclic) bond motifs is 3. The van der Waals surface area contributed by atoms with Crippen molar-refractivity contribution in [2.24, 2.45) is 4.99 Å². The highest BCUT2D eigenvalue weighted by molar-refractivity contribution is 9.11. The summed E-state index contributed by atoms with van der Waals surface area (Å²) in [6.07, 6.45) is 3.67. The third kappa shape index (κ3) is 5.32. The predicted molar refractivity (Wildman–Crippen MR) is 178 cm³/mol. The fourth-order valence-electron chi connectivity index (χ4n) is 5.82. The zero-order valence-electron chi connectivity index (χ0n) is 23.2. The molecule has 43 heavy (non-hydrogen) atoms. The van der Waals surface area contributed by atoms with Crippen LogP contribution in [0.15, 0.2) is 115 Å². The van der Waals surface area contributed by atoms with Crippen LogP contribution >= 0.6 is 43.2 Å². The SMILES string of the molecule is COc1ccc([C@@H]2C3=C(N=c4s/c(=C/c5cc(Br)cc(Br)c5OCc5ccccc5)c(=O)n42)c2ccccc2CC3)cc1. The summed E-state index contributed by atoms with van der Waals surface area (Å²) in [5, 5.41) is 0. The van der Waals surface area contributed by atoms with E-state index in [1.54, 1.807) is 7.11 Å². The smallest absolute Gasteiger partial charge is 0.271 e. The molecule has 1 aliphatic carbocycles. The van der Waals surface area contributed by atoms with E-state index in [4.69, 9.17) is 14.5 Å². The normalized spacial score (nSPS) is 15.8. The van der Waals surface area contributed by atoms with E-state index in [1.807, 2.05) is 65.2 Å². The summed E-state index contributed by atoms with van der Waals surface area (Å²) in [4.78, 5) is 20.1. The summed E-state index contributed by atoms with van der Waals surface area (Å²) in [6, 6.07) is 30.2. The number of aromatic nitrogens is 1. The van der Waals surface area contributed by atoms with Crippen LogP contribution < -0.4 is 24.4 Å². The second-order valence-electron chi connectivity index (χ2n) is 10.5. The lowest BCUT2D eigenvalue weighted by molar-refractivity contribution is 0.303. The van der Waals surface area contributed by atoms with E-state index < -0.39 is 0 Å². The number of allylic oxidation sites excluding steroid dienone is 1. The van der Waals surface area contributed by atoms with E-state index in [0.717, 1.165) is 55.5 Å². The maximum atomic E-state index is 14.3. The van der Waals surface area contributed by atoms with Crippen molar-refractivity contribution in [3.63, 3.8) is 0 Å². The largest absolute Gasteiger partial charge is 0.497 e. The quantitative estimate of drug-likeness (QED) is 0.184. The summed E-state index contributed by atoms with van der Waals surface area (Å²) >= 11 is 8.71. The van der Waals surface area contributed by atoms with Crippen LogP contribution in [0, 0.1) is 0 Å². The first-order valence-corrected chi connectivity index (χ1v) is 16.3. The van der Waals surface area contributed by atoms with Crippen LogP contribution in [-0.4, -0.2) is 11.7 Å². The van der Waals surface area contributed by atoms with Crippen molar-refractivity contribution < 1.29 is 9.47 Å². The van der Waals surface area contributed by atoms with Gasteiger partial charge in [0.1, 0.15) is 18.1 Å². The van der Waals surface area contributed by atoms with Gasteiger partial charge in [-0.05, 0) is 81.4 Å². The van der Waals surface area contributed by atoms with Crippen LogP contribution in [0.2, 0.25) is 0 Å². The Morgan fingerprint density at radius 2 is 1.74 bits per heavy atom. The number of methoxy groups -OCH3 is 1. The predicted octanol–water partition coefficient (Wildman–Crippen LogP) is 7.43. The average Bonchev–Trinajstić information content (AvgIpc) is 3.34. The van der Waals surface area contributed by atoms with Gasteiger partial charge in [-0.15, -0.1) is 0 Å². The molecule has 0 fully saturated rings. The van der Waals surface area contributed by atoms with Gasteiger partial charge in [0, 0.05) is 15.6 Å². The van der Waals surface area contributed by atoms with E-state index in [1.165, 1.54) is 22.5 Å². The van der Waals surface area contributed by atoms with Gasteiger partial charge in [0.25, 0.3) is 5.56 Å². The molecule has 0 saturated heterocycles. The van der Waals surface area contributed by atoms with Gasteiger partial charge in [0.2, 0.25) is 0 Å². The van der Waals surface area contributed by atoms with Crippen LogP contribution in [0.25, 0.3) is 11.8 Å². The molecule has 4 aromatic carbocycles. The van der Waals surface area contributed by atoms with Gasteiger partial charge in [-0.1, -0.05) is 94.0 Å². The Bertz CT molecular complexity index is 2070. The molecule has 7 rings (SSSR count). The Morgan fingerprint density at radius 1 is 0.977 bits per heavy atom. The first-order chi connectivity index (χ1) is 21.0. The number of ether oxygens (including phenoxy) is 2. The van der Waals surface area contributed by atoms with E-state index in [0.29, 0.717) is 21.7 Å². The molecule has 8 heteroatoms. The zero-order valence-corrected chi connectivity index (χ0v) is 27.2. The molecule has 0 radical (unpaired) electrons. The summed E-state index contributed by atoms with van der Waals surface area (Å²) in [6.45, 7) is 0.409. The van der Waals surface area contributed by atoms with Crippen molar-refractivity contribution in [3.05, 3.63) is 153 Å². The Hall–Kier alpha value is -3.72. The van der Waals surface area contributed by atoms with Crippen LogP contribution in [0.3, 0.4) is 0 Å². The number of benzene rings is 4. The molecule has 1 aromatic heterocycles. The maximum absolute atomic E-state index is 14.3. The zero-order chi connectivity index (χ0) is 29.5. The minimum Gasteiger partial charge on any atom is -0.497 e. The van der Waals surface area contributed by atoms with Crippen molar-refractivity contribution in [2.75, 3.05) is 7.11 Å². The fourth-order valence-corrected chi connectivity index (χ4v) is 8.18.